The van der Waals surface area contributed by atoms with Gasteiger partial charge in [-0.05, 0) is 165 Å². The molecule has 0 fully saturated rings. The van der Waals surface area contributed by atoms with Crippen molar-refractivity contribution < 1.29 is 57.1 Å². The van der Waals surface area contributed by atoms with Crippen LogP contribution in [0.4, 0.5) is 24.0 Å². The first-order valence-corrected chi connectivity index (χ1v) is 21.2. The predicted octanol–water partition coefficient (Wildman–Crippen LogP) is 9.39. The molecule has 0 aliphatic carbocycles. The average Bonchev–Trinajstić information content (AvgIpc) is 3.10. The highest BCUT2D eigenvalue weighted by Gasteiger charge is 2.35. The zero-order valence-corrected chi connectivity index (χ0v) is 40.6. The molecule has 19 nitrogen and oxygen atoms in total. The highest BCUT2D eigenvalue weighted by Crippen LogP contribution is 2.20. The normalized spacial score (nSPS) is 11.8. The Hall–Kier alpha value is -6.40. The van der Waals surface area contributed by atoms with Crippen molar-refractivity contribution in [1.82, 2.24) is 20.4 Å². The average molecular weight is 912 g/mol. The fourth-order valence-electron chi connectivity index (χ4n) is 5.03. The van der Waals surface area contributed by atoms with E-state index in [1.165, 1.54) is 0 Å². The van der Waals surface area contributed by atoms with E-state index in [4.69, 9.17) is 44.0 Å². The minimum absolute atomic E-state index is 0.0432. The number of guanidine groups is 1. The molecule has 2 rings (SSSR count). The van der Waals surface area contributed by atoms with Crippen LogP contribution in [0.2, 0.25) is 0 Å². The summed E-state index contributed by atoms with van der Waals surface area (Å²) >= 11 is 0. The van der Waals surface area contributed by atoms with Gasteiger partial charge in [-0.2, -0.15) is 0 Å². The summed E-state index contributed by atoms with van der Waals surface area (Å²) in [6.45, 7) is 25.0. The molecule has 0 saturated carbocycles. The molecule has 0 aliphatic heterocycles. The largest absolute Gasteiger partial charge is 0.494 e. The number of benzene rings is 2. The van der Waals surface area contributed by atoms with Crippen LogP contribution in [-0.2, 0) is 23.7 Å². The Balaban J connectivity index is 2.38. The molecule has 0 heterocycles. The molecule has 65 heavy (non-hydrogen) atoms. The third kappa shape index (κ3) is 22.7. The summed E-state index contributed by atoms with van der Waals surface area (Å²) in [5, 5.41) is 21.3. The van der Waals surface area contributed by atoms with Gasteiger partial charge in [-0.1, -0.05) is 0 Å². The fraction of sp³-hybridized carbons (Fsp3) is 0.565. The van der Waals surface area contributed by atoms with E-state index in [0.29, 0.717) is 22.6 Å². The molecule has 5 amide bonds. The lowest BCUT2D eigenvalue weighted by Crippen LogP contribution is -2.53. The molecule has 0 aliphatic rings. The second-order valence-corrected chi connectivity index (χ2v) is 19.6. The summed E-state index contributed by atoms with van der Waals surface area (Å²) in [4.78, 5) is 72.0. The van der Waals surface area contributed by atoms with Crippen molar-refractivity contribution in [2.45, 2.75) is 145 Å². The molecular formula is C46H69N7O12. The molecule has 0 saturated heterocycles. The number of nitrogens with zero attached hydrogens (tertiary/aromatic N) is 3. The van der Waals surface area contributed by atoms with Crippen LogP contribution in [0.15, 0.2) is 53.5 Å². The molecule has 0 spiro atoms. The molecular weight excluding hydrogens is 843 g/mol. The van der Waals surface area contributed by atoms with Crippen molar-refractivity contribution in [2.24, 2.45) is 4.99 Å². The van der Waals surface area contributed by atoms with Crippen LogP contribution in [0.1, 0.15) is 128 Å². The summed E-state index contributed by atoms with van der Waals surface area (Å²) in [7, 11) is 0. The number of ether oxygens (including phenoxy) is 7. The number of aliphatic imine (C=N–C) groups is 1. The van der Waals surface area contributed by atoms with E-state index in [1.807, 2.05) is 0 Å². The first-order chi connectivity index (χ1) is 29.7. The van der Waals surface area contributed by atoms with Crippen LogP contribution in [-0.4, -0.2) is 112 Å². The van der Waals surface area contributed by atoms with Crippen molar-refractivity contribution in [2.75, 3.05) is 26.3 Å². The molecule has 0 bridgehead atoms. The summed E-state index contributed by atoms with van der Waals surface area (Å²) < 4.78 is 39.4. The van der Waals surface area contributed by atoms with Crippen molar-refractivity contribution in [3.63, 3.8) is 0 Å². The van der Waals surface area contributed by atoms with Crippen LogP contribution in [0.25, 0.3) is 0 Å². The Kier molecular flexibility index (Phi) is 19.4. The smallest absolute Gasteiger partial charge is 0.437 e. The lowest BCUT2D eigenvalue weighted by molar-refractivity contribution is 0.0266. The standard InChI is InChI=1S/C46H69N7O12/c1-42(2,3)61-37(54)49-34(47)30-18-22-32(23-19-30)59-28-16-26-52(40(57)64-45(10,11)12)36(51-39(56)63-44(7,8)9)53(41(58)65-46(13,14)15)27-17-29-60-33-24-20-31(21-25-33)35(48)50-38(55)62-43(4,5)6/h18-25H,16-17,26-29H2,1-15H3,(H2,47,49,54)(H2,48,50,55). The van der Waals surface area contributed by atoms with Gasteiger partial charge in [-0.25, -0.2) is 33.8 Å². The minimum Gasteiger partial charge on any atom is -0.494 e. The third-order valence-electron chi connectivity index (χ3n) is 7.42. The van der Waals surface area contributed by atoms with Crippen molar-refractivity contribution in [3.05, 3.63) is 59.7 Å². The van der Waals surface area contributed by atoms with Crippen LogP contribution in [0.5, 0.6) is 11.5 Å². The molecule has 0 radical (unpaired) electrons. The summed E-state index contributed by atoms with van der Waals surface area (Å²) in [5.41, 5.74) is -3.65. The third-order valence-corrected chi connectivity index (χ3v) is 7.42. The zero-order valence-electron chi connectivity index (χ0n) is 40.6. The lowest BCUT2D eigenvalue weighted by atomic mass is 10.2. The first-order valence-electron chi connectivity index (χ1n) is 21.2. The molecule has 2 aromatic rings. The van der Waals surface area contributed by atoms with Crippen LogP contribution in [0, 0.1) is 10.8 Å². The quantitative estimate of drug-likeness (QED) is 0.0674. The van der Waals surface area contributed by atoms with Crippen LogP contribution in [0.3, 0.4) is 0 Å². The number of amides is 5. The fourth-order valence-corrected chi connectivity index (χ4v) is 5.03. The minimum atomic E-state index is -1.08. The first kappa shape index (κ1) is 54.7. The van der Waals surface area contributed by atoms with E-state index < -0.39 is 64.4 Å². The van der Waals surface area contributed by atoms with Crippen molar-refractivity contribution in [1.29, 1.82) is 10.8 Å². The molecule has 0 aromatic heterocycles. The summed E-state index contributed by atoms with van der Waals surface area (Å²) in [6, 6.07) is 12.8. The topological polar surface area (TPSA) is 241 Å². The zero-order chi connectivity index (χ0) is 49.6. The van der Waals surface area contributed by atoms with Gasteiger partial charge >= 0.3 is 30.5 Å². The Bertz CT molecular complexity index is 1870. The number of carbonyl (C=O) groups excluding carboxylic acids is 5. The maximum absolute atomic E-state index is 14.0. The summed E-state index contributed by atoms with van der Waals surface area (Å²) in [5.74, 6) is 0.0960. The summed E-state index contributed by atoms with van der Waals surface area (Å²) in [6.07, 6.45) is -4.15. The molecule has 19 heteroatoms. The van der Waals surface area contributed by atoms with Gasteiger partial charge in [-0.15, -0.1) is 4.99 Å². The molecule has 360 valence electrons. The second kappa shape index (κ2) is 23.0. The van der Waals surface area contributed by atoms with Gasteiger partial charge in [-0.3, -0.25) is 21.5 Å². The number of alkyl carbamates (subject to hydrolysis) is 2. The van der Waals surface area contributed by atoms with Gasteiger partial charge in [0, 0.05) is 24.2 Å². The van der Waals surface area contributed by atoms with Crippen molar-refractivity contribution >= 4 is 48.1 Å². The van der Waals surface area contributed by atoms with Gasteiger partial charge in [0.1, 0.15) is 51.2 Å². The SMILES string of the molecule is CC(C)(C)OC(=O)N=C(N(CCCOc1ccc(C(=N)NC(=O)OC(C)(C)C)cc1)C(=O)OC(C)(C)C)N(CCCOc1ccc(C(=N)NC(=O)OC(C)(C)C)cc1)C(=O)OC(C)(C)C. The Morgan fingerprint density at radius 2 is 0.800 bits per heavy atom. The molecule has 0 atom stereocenters. The number of amidine groups is 2. The maximum Gasteiger partial charge on any atom is 0.437 e. The van der Waals surface area contributed by atoms with Gasteiger partial charge in [0.15, 0.2) is 0 Å². The van der Waals surface area contributed by atoms with E-state index in [0.717, 1.165) is 9.80 Å². The lowest BCUT2D eigenvalue weighted by Gasteiger charge is -2.34. The Morgan fingerprint density at radius 3 is 1.09 bits per heavy atom. The monoisotopic (exact) mass is 912 g/mol. The maximum atomic E-state index is 14.0. The van der Waals surface area contributed by atoms with Gasteiger partial charge in [0.05, 0.1) is 13.2 Å². The number of hydrogen-bond donors (Lipinski definition) is 4. The van der Waals surface area contributed by atoms with Gasteiger partial charge < -0.3 is 33.2 Å². The molecule has 4 N–H and O–H groups in total. The number of rotatable bonds is 12. The Morgan fingerprint density at radius 1 is 0.492 bits per heavy atom. The van der Waals surface area contributed by atoms with E-state index in [-0.39, 0.29) is 50.8 Å². The van der Waals surface area contributed by atoms with Crippen molar-refractivity contribution in [3.8, 4) is 11.5 Å². The van der Waals surface area contributed by atoms with E-state index in [1.54, 1.807) is 152 Å². The predicted molar refractivity (Wildman–Crippen MR) is 245 cm³/mol. The van der Waals surface area contributed by atoms with Gasteiger partial charge in [0.2, 0.25) is 5.96 Å². The van der Waals surface area contributed by atoms with Gasteiger partial charge in [0.25, 0.3) is 0 Å². The van der Waals surface area contributed by atoms with E-state index in [9.17, 15) is 24.0 Å². The van der Waals surface area contributed by atoms with Crippen LogP contribution < -0.4 is 20.1 Å². The number of nitrogens with one attached hydrogen (secondary N) is 4. The van der Waals surface area contributed by atoms with Crippen LogP contribution >= 0.6 is 0 Å². The molecule has 0 unspecified atom stereocenters. The highest BCUT2D eigenvalue weighted by molar-refractivity contribution is 6.06. The van der Waals surface area contributed by atoms with E-state index >= 15 is 0 Å². The number of carbonyl (C=O) groups is 5. The second-order valence-electron chi connectivity index (χ2n) is 19.6. The highest BCUT2D eigenvalue weighted by atomic mass is 16.6. The Labute approximate surface area is 382 Å². The number of hydrogen-bond acceptors (Lipinski definition) is 14. The van der Waals surface area contributed by atoms with E-state index in [2.05, 4.69) is 15.6 Å². The molecule has 2 aromatic carbocycles.